The Morgan fingerprint density at radius 1 is 1.38 bits per heavy atom. The Morgan fingerprint density at radius 2 is 2.00 bits per heavy atom. The Balaban J connectivity index is 2.80. The SMILES string of the molecule is CC(C)C(NC(C)(CO)CO)c1cccs1. The Labute approximate surface area is 101 Å². The number of thiophene rings is 1. The number of nitrogens with one attached hydrogen (secondary N) is 1. The number of hydrogen-bond acceptors (Lipinski definition) is 4. The lowest BCUT2D eigenvalue weighted by atomic mass is 9.97. The van der Waals surface area contributed by atoms with Gasteiger partial charge in [0.1, 0.15) is 0 Å². The third kappa shape index (κ3) is 3.28. The highest BCUT2D eigenvalue weighted by atomic mass is 32.1. The second-order valence-corrected chi connectivity index (χ2v) is 5.74. The second-order valence-electron chi connectivity index (χ2n) is 4.76. The van der Waals surface area contributed by atoms with Crippen LogP contribution in [0.15, 0.2) is 17.5 Å². The third-order valence-corrected chi connectivity index (χ3v) is 3.67. The van der Waals surface area contributed by atoms with Gasteiger partial charge in [0.25, 0.3) is 0 Å². The van der Waals surface area contributed by atoms with Gasteiger partial charge in [0.2, 0.25) is 0 Å². The maximum Gasteiger partial charge on any atom is 0.0633 e. The average molecular weight is 243 g/mol. The van der Waals surface area contributed by atoms with Gasteiger partial charge in [-0.15, -0.1) is 11.3 Å². The summed E-state index contributed by atoms with van der Waals surface area (Å²) in [6, 6.07) is 4.27. The zero-order valence-corrected chi connectivity index (χ0v) is 10.9. The number of hydrogen-bond donors (Lipinski definition) is 3. The highest BCUT2D eigenvalue weighted by Gasteiger charge is 2.28. The van der Waals surface area contributed by atoms with E-state index in [0.29, 0.717) is 5.92 Å². The van der Waals surface area contributed by atoms with Gasteiger partial charge in [-0.2, -0.15) is 0 Å². The fourth-order valence-corrected chi connectivity index (χ4v) is 2.50. The fourth-order valence-electron chi connectivity index (χ4n) is 1.55. The maximum absolute atomic E-state index is 9.29. The predicted octanol–water partition coefficient (Wildman–Crippen LogP) is 1.78. The van der Waals surface area contributed by atoms with Crippen molar-refractivity contribution < 1.29 is 10.2 Å². The van der Waals surface area contributed by atoms with Gasteiger partial charge in [-0.3, -0.25) is 5.32 Å². The molecule has 4 heteroatoms. The summed E-state index contributed by atoms with van der Waals surface area (Å²) in [5, 5.41) is 24.0. The minimum absolute atomic E-state index is 0.0713. The lowest BCUT2D eigenvalue weighted by Gasteiger charge is -2.33. The largest absolute Gasteiger partial charge is 0.394 e. The van der Waals surface area contributed by atoms with Gasteiger partial charge in [-0.25, -0.2) is 0 Å². The molecule has 0 aliphatic heterocycles. The Hall–Kier alpha value is -0.420. The molecule has 1 rings (SSSR count). The molecule has 92 valence electrons. The van der Waals surface area contributed by atoms with Crippen molar-refractivity contribution in [3.63, 3.8) is 0 Å². The quantitative estimate of drug-likeness (QED) is 0.714. The van der Waals surface area contributed by atoms with Crippen molar-refractivity contribution in [2.45, 2.75) is 32.4 Å². The molecule has 0 fully saturated rings. The van der Waals surface area contributed by atoms with Gasteiger partial charge in [0, 0.05) is 10.9 Å². The van der Waals surface area contributed by atoms with E-state index in [1.165, 1.54) is 4.88 Å². The second kappa shape index (κ2) is 5.77. The van der Waals surface area contributed by atoms with Gasteiger partial charge in [-0.1, -0.05) is 19.9 Å². The van der Waals surface area contributed by atoms with E-state index < -0.39 is 5.54 Å². The van der Waals surface area contributed by atoms with Crippen molar-refractivity contribution in [2.24, 2.45) is 5.92 Å². The van der Waals surface area contributed by atoms with Crippen LogP contribution in [0.4, 0.5) is 0 Å². The van der Waals surface area contributed by atoms with Crippen LogP contribution in [0.2, 0.25) is 0 Å². The van der Waals surface area contributed by atoms with Gasteiger partial charge in [0.05, 0.1) is 18.8 Å². The van der Waals surface area contributed by atoms with E-state index in [1.54, 1.807) is 11.3 Å². The molecule has 3 nitrogen and oxygen atoms in total. The minimum atomic E-state index is -0.626. The molecule has 0 spiro atoms. The summed E-state index contributed by atoms with van der Waals surface area (Å²) in [6.07, 6.45) is 0. The summed E-state index contributed by atoms with van der Waals surface area (Å²) >= 11 is 1.70. The zero-order chi connectivity index (χ0) is 12.2. The molecule has 0 saturated heterocycles. The minimum Gasteiger partial charge on any atom is -0.394 e. The summed E-state index contributed by atoms with van der Waals surface area (Å²) in [4.78, 5) is 1.24. The molecular formula is C12H21NO2S. The first-order valence-corrected chi connectivity index (χ1v) is 6.43. The molecule has 1 aromatic heterocycles. The molecule has 16 heavy (non-hydrogen) atoms. The van der Waals surface area contributed by atoms with Crippen molar-refractivity contribution in [1.82, 2.24) is 5.32 Å². The molecule has 1 aromatic rings. The topological polar surface area (TPSA) is 52.5 Å². The maximum atomic E-state index is 9.29. The Morgan fingerprint density at radius 3 is 2.38 bits per heavy atom. The van der Waals surface area contributed by atoms with E-state index in [0.717, 1.165) is 0 Å². The highest BCUT2D eigenvalue weighted by Crippen LogP contribution is 2.27. The van der Waals surface area contributed by atoms with Gasteiger partial charge in [-0.05, 0) is 24.3 Å². The van der Waals surface area contributed by atoms with Crippen LogP contribution in [0.1, 0.15) is 31.7 Å². The number of aliphatic hydroxyl groups excluding tert-OH is 2. The molecule has 3 N–H and O–H groups in total. The van der Waals surface area contributed by atoms with E-state index in [9.17, 15) is 10.2 Å². The molecule has 0 aliphatic carbocycles. The molecule has 0 radical (unpaired) electrons. The molecule has 0 aromatic carbocycles. The van der Waals surface area contributed by atoms with Crippen LogP contribution in [0.3, 0.4) is 0 Å². The van der Waals surface area contributed by atoms with Crippen molar-refractivity contribution in [2.75, 3.05) is 13.2 Å². The first-order chi connectivity index (χ1) is 7.52. The molecule has 0 saturated carbocycles. The molecule has 0 amide bonds. The van der Waals surface area contributed by atoms with E-state index in [4.69, 9.17) is 0 Å². The fraction of sp³-hybridized carbons (Fsp3) is 0.667. The lowest BCUT2D eigenvalue weighted by Crippen LogP contribution is -2.51. The van der Waals surface area contributed by atoms with Crippen LogP contribution in [0, 0.1) is 5.92 Å². The third-order valence-electron chi connectivity index (χ3n) is 2.72. The van der Waals surface area contributed by atoms with Crippen LogP contribution in [-0.4, -0.2) is 29.0 Å². The van der Waals surface area contributed by atoms with E-state index in [2.05, 4.69) is 25.2 Å². The highest BCUT2D eigenvalue weighted by molar-refractivity contribution is 7.10. The molecule has 1 unspecified atom stereocenters. The monoisotopic (exact) mass is 243 g/mol. The molecule has 0 aliphatic rings. The van der Waals surface area contributed by atoms with Crippen LogP contribution in [0.5, 0.6) is 0 Å². The van der Waals surface area contributed by atoms with Crippen LogP contribution in [0.25, 0.3) is 0 Å². The van der Waals surface area contributed by atoms with Crippen molar-refractivity contribution in [3.05, 3.63) is 22.4 Å². The summed E-state index contributed by atoms with van der Waals surface area (Å²) in [5.41, 5.74) is -0.626. The smallest absolute Gasteiger partial charge is 0.0633 e. The van der Waals surface area contributed by atoms with E-state index in [1.807, 2.05) is 18.4 Å². The molecule has 1 atom stereocenters. The number of aliphatic hydroxyl groups is 2. The first kappa shape index (κ1) is 13.6. The predicted molar refractivity (Wildman–Crippen MR) is 67.6 cm³/mol. The molecule has 1 heterocycles. The van der Waals surface area contributed by atoms with Crippen molar-refractivity contribution >= 4 is 11.3 Å². The first-order valence-electron chi connectivity index (χ1n) is 5.55. The van der Waals surface area contributed by atoms with Crippen LogP contribution >= 0.6 is 11.3 Å². The van der Waals surface area contributed by atoms with Crippen LogP contribution < -0.4 is 5.32 Å². The summed E-state index contributed by atoms with van der Waals surface area (Å²) in [7, 11) is 0. The summed E-state index contributed by atoms with van der Waals surface area (Å²) < 4.78 is 0. The van der Waals surface area contributed by atoms with E-state index in [-0.39, 0.29) is 19.3 Å². The van der Waals surface area contributed by atoms with Crippen molar-refractivity contribution in [3.8, 4) is 0 Å². The van der Waals surface area contributed by atoms with Gasteiger partial charge >= 0.3 is 0 Å². The molecular weight excluding hydrogens is 222 g/mol. The van der Waals surface area contributed by atoms with E-state index >= 15 is 0 Å². The summed E-state index contributed by atoms with van der Waals surface area (Å²) in [6.45, 7) is 5.95. The standard InChI is InChI=1S/C12H21NO2S/c1-9(2)11(10-5-4-6-16-10)13-12(3,7-14)8-15/h4-6,9,11,13-15H,7-8H2,1-3H3. The zero-order valence-electron chi connectivity index (χ0n) is 10.1. The van der Waals surface area contributed by atoms with Crippen molar-refractivity contribution in [1.29, 1.82) is 0 Å². The lowest BCUT2D eigenvalue weighted by molar-refractivity contribution is 0.0880. The summed E-state index contributed by atoms with van der Waals surface area (Å²) in [5.74, 6) is 0.413. The Kier molecular flexibility index (Phi) is 4.92. The Bertz CT molecular complexity index is 294. The van der Waals surface area contributed by atoms with Gasteiger partial charge < -0.3 is 10.2 Å². The van der Waals surface area contributed by atoms with Crippen LogP contribution in [-0.2, 0) is 0 Å². The average Bonchev–Trinajstić information content (AvgIpc) is 2.78. The number of rotatable bonds is 6. The van der Waals surface area contributed by atoms with Gasteiger partial charge in [0.15, 0.2) is 0 Å². The normalized spacial score (nSPS) is 14.4. The molecule has 0 bridgehead atoms.